The maximum atomic E-state index is 11.6. The van der Waals surface area contributed by atoms with Gasteiger partial charge in [-0.1, -0.05) is 23.7 Å². The molecule has 0 radical (unpaired) electrons. The lowest BCUT2D eigenvalue weighted by atomic mass is 10.2. The van der Waals surface area contributed by atoms with Gasteiger partial charge in [0.2, 0.25) is 5.91 Å². The van der Waals surface area contributed by atoms with Crippen molar-refractivity contribution in [1.29, 1.82) is 0 Å². The van der Waals surface area contributed by atoms with Gasteiger partial charge in [-0.15, -0.1) is 11.3 Å². The van der Waals surface area contributed by atoms with Crippen molar-refractivity contribution in [1.82, 2.24) is 15.3 Å². The summed E-state index contributed by atoms with van der Waals surface area (Å²) in [7, 11) is 3.47. The van der Waals surface area contributed by atoms with Gasteiger partial charge in [0, 0.05) is 24.0 Å². The summed E-state index contributed by atoms with van der Waals surface area (Å²) < 4.78 is 0.962. The maximum Gasteiger partial charge on any atom is 0.239 e. The smallest absolute Gasteiger partial charge is 0.239 e. The van der Waals surface area contributed by atoms with Crippen LogP contribution >= 0.6 is 22.9 Å². The van der Waals surface area contributed by atoms with Crippen LogP contribution < -0.4 is 10.2 Å². The summed E-state index contributed by atoms with van der Waals surface area (Å²) in [6, 6.07) is 9.72. The number of fused-ring (bicyclic) bond motifs is 1. The number of aromatic nitrogens is 2. The summed E-state index contributed by atoms with van der Waals surface area (Å²) in [5.74, 6) is 0.692. The Bertz CT molecular complexity index is 847. The Morgan fingerprint density at radius 3 is 2.74 bits per heavy atom. The molecule has 0 fully saturated rings. The number of thiophene rings is 1. The Labute approximate surface area is 142 Å². The topological polar surface area (TPSA) is 58.1 Å². The molecule has 1 aromatic carbocycles. The molecule has 0 aliphatic carbocycles. The average molecular weight is 347 g/mol. The molecule has 0 unspecified atom stereocenters. The molecule has 1 amide bonds. The van der Waals surface area contributed by atoms with Crippen LogP contribution in [0.4, 0.5) is 5.82 Å². The van der Waals surface area contributed by atoms with Gasteiger partial charge in [0.25, 0.3) is 0 Å². The van der Waals surface area contributed by atoms with Crippen LogP contribution in [0.1, 0.15) is 0 Å². The molecule has 3 aromatic rings. The molecule has 1 N–H and O–H groups in total. The number of benzene rings is 1. The van der Waals surface area contributed by atoms with E-state index in [-0.39, 0.29) is 12.5 Å². The SMILES string of the molecule is CNC(=O)CN(C)c1ncnc2cc(-c3ccc(Cl)cc3)sc12. The van der Waals surface area contributed by atoms with Gasteiger partial charge in [-0.05, 0) is 23.8 Å². The monoisotopic (exact) mass is 346 g/mol. The molecule has 118 valence electrons. The predicted molar refractivity (Wildman–Crippen MR) is 95.2 cm³/mol. The van der Waals surface area contributed by atoms with Crippen molar-refractivity contribution in [3.8, 4) is 10.4 Å². The summed E-state index contributed by atoms with van der Waals surface area (Å²) in [4.78, 5) is 23.2. The zero-order chi connectivity index (χ0) is 16.4. The van der Waals surface area contributed by atoms with E-state index in [0.717, 1.165) is 26.5 Å². The van der Waals surface area contributed by atoms with Crippen molar-refractivity contribution in [2.24, 2.45) is 0 Å². The molecule has 0 bridgehead atoms. The van der Waals surface area contributed by atoms with Crippen LogP contribution in [0.25, 0.3) is 20.7 Å². The van der Waals surface area contributed by atoms with E-state index in [9.17, 15) is 4.79 Å². The molecule has 7 heteroatoms. The van der Waals surface area contributed by atoms with Gasteiger partial charge < -0.3 is 10.2 Å². The van der Waals surface area contributed by atoms with E-state index in [4.69, 9.17) is 11.6 Å². The normalized spacial score (nSPS) is 10.7. The lowest BCUT2D eigenvalue weighted by molar-refractivity contribution is -0.119. The molecule has 0 saturated carbocycles. The van der Waals surface area contributed by atoms with Crippen LogP contribution in [0.15, 0.2) is 36.7 Å². The van der Waals surface area contributed by atoms with Gasteiger partial charge in [-0.25, -0.2) is 9.97 Å². The number of carbonyl (C=O) groups excluding carboxylic acids is 1. The highest BCUT2D eigenvalue weighted by atomic mass is 35.5. The molecule has 0 spiro atoms. The Balaban J connectivity index is 2.01. The average Bonchev–Trinajstić information content (AvgIpc) is 2.99. The number of hydrogen-bond acceptors (Lipinski definition) is 5. The minimum atomic E-state index is -0.0613. The fourth-order valence-corrected chi connectivity index (χ4v) is 3.53. The Morgan fingerprint density at radius 1 is 1.30 bits per heavy atom. The maximum absolute atomic E-state index is 11.6. The number of nitrogens with zero attached hydrogens (tertiary/aromatic N) is 3. The lowest BCUT2D eigenvalue weighted by Gasteiger charge is -2.17. The number of anilines is 1. The molecule has 5 nitrogen and oxygen atoms in total. The summed E-state index contributed by atoms with van der Waals surface area (Å²) in [6.45, 7) is 0.247. The Kier molecular flexibility index (Phi) is 4.45. The Morgan fingerprint density at radius 2 is 2.04 bits per heavy atom. The third-order valence-corrected chi connectivity index (χ3v) is 4.86. The van der Waals surface area contributed by atoms with Crippen molar-refractivity contribution in [3.63, 3.8) is 0 Å². The van der Waals surface area contributed by atoms with E-state index < -0.39 is 0 Å². The second kappa shape index (κ2) is 6.52. The Hall–Kier alpha value is -2.18. The van der Waals surface area contributed by atoms with Crippen molar-refractivity contribution in [2.75, 3.05) is 25.5 Å². The van der Waals surface area contributed by atoms with Crippen LogP contribution in [-0.2, 0) is 4.79 Å². The first kappa shape index (κ1) is 15.7. The van der Waals surface area contributed by atoms with E-state index in [1.807, 2.05) is 42.3 Å². The molecule has 0 aliphatic heterocycles. The van der Waals surface area contributed by atoms with Crippen molar-refractivity contribution in [2.45, 2.75) is 0 Å². The summed E-state index contributed by atoms with van der Waals surface area (Å²) >= 11 is 7.55. The minimum Gasteiger partial charge on any atom is -0.358 e. The molecular formula is C16H15ClN4OS. The van der Waals surface area contributed by atoms with Gasteiger partial charge >= 0.3 is 0 Å². The molecular weight excluding hydrogens is 332 g/mol. The fourth-order valence-electron chi connectivity index (χ4n) is 2.24. The van der Waals surface area contributed by atoms with Crippen LogP contribution in [0, 0.1) is 0 Å². The van der Waals surface area contributed by atoms with Gasteiger partial charge in [-0.2, -0.15) is 0 Å². The largest absolute Gasteiger partial charge is 0.358 e. The third kappa shape index (κ3) is 3.28. The highest BCUT2D eigenvalue weighted by Gasteiger charge is 2.15. The minimum absolute atomic E-state index is 0.0613. The summed E-state index contributed by atoms with van der Waals surface area (Å²) in [5.41, 5.74) is 1.95. The van der Waals surface area contributed by atoms with E-state index in [1.165, 1.54) is 6.33 Å². The molecule has 0 aliphatic rings. The zero-order valence-electron chi connectivity index (χ0n) is 12.7. The predicted octanol–water partition coefficient (Wildman–Crippen LogP) is 3.19. The number of likely N-dealkylation sites (N-methyl/N-ethyl adjacent to an activating group) is 2. The fraction of sp³-hybridized carbons (Fsp3) is 0.188. The summed E-state index contributed by atoms with van der Waals surface area (Å²) in [5, 5.41) is 3.33. The van der Waals surface area contributed by atoms with Crippen molar-refractivity contribution >= 4 is 44.9 Å². The molecule has 2 heterocycles. The number of rotatable bonds is 4. The highest BCUT2D eigenvalue weighted by molar-refractivity contribution is 7.22. The third-order valence-electron chi connectivity index (χ3n) is 3.44. The molecule has 3 rings (SSSR count). The van der Waals surface area contributed by atoms with Gasteiger partial charge in [-0.3, -0.25) is 4.79 Å². The second-order valence-electron chi connectivity index (χ2n) is 5.06. The highest BCUT2D eigenvalue weighted by Crippen LogP contribution is 2.36. The molecule has 23 heavy (non-hydrogen) atoms. The number of hydrogen-bond donors (Lipinski definition) is 1. The van der Waals surface area contributed by atoms with Crippen molar-refractivity contribution in [3.05, 3.63) is 41.7 Å². The van der Waals surface area contributed by atoms with E-state index in [0.29, 0.717) is 5.02 Å². The number of nitrogens with one attached hydrogen (secondary N) is 1. The molecule has 2 aromatic heterocycles. The number of amides is 1. The zero-order valence-corrected chi connectivity index (χ0v) is 14.3. The first-order valence-corrected chi connectivity index (χ1v) is 8.20. The molecule has 0 atom stereocenters. The molecule has 0 saturated heterocycles. The second-order valence-corrected chi connectivity index (χ2v) is 6.55. The quantitative estimate of drug-likeness (QED) is 0.788. The standard InChI is InChI=1S/C16H15ClN4OS/c1-18-14(22)8-21(2)16-15-12(19-9-20-16)7-13(23-15)10-3-5-11(17)6-4-10/h3-7,9H,8H2,1-2H3,(H,18,22). The van der Waals surface area contributed by atoms with Gasteiger partial charge in [0.15, 0.2) is 0 Å². The first-order chi connectivity index (χ1) is 11.1. The van der Waals surface area contributed by atoms with E-state index in [2.05, 4.69) is 15.3 Å². The van der Waals surface area contributed by atoms with Crippen molar-refractivity contribution < 1.29 is 4.79 Å². The number of carbonyl (C=O) groups is 1. The van der Waals surface area contributed by atoms with E-state index in [1.54, 1.807) is 18.4 Å². The van der Waals surface area contributed by atoms with Crippen LogP contribution in [0.3, 0.4) is 0 Å². The number of halogens is 1. The lowest BCUT2D eigenvalue weighted by Crippen LogP contribution is -2.33. The van der Waals surface area contributed by atoms with Crippen LogP contribution in [0.5, 0.6) is 0 Å². The van der Waals surface area contributed by atoms with Gasteiger partial charge in [0.05, 0.1) is 16.8 Å². The van der Waals surface area contributed by atoms with Crippen LogP contribution in [0.2, 0.25) is 5.02 Å². The van der Waals surface area contributed by atoms with Gasteiger partial charge in [0.1, 0.15) is 12.1 Å². The van der Waals surface area contributed by atoms with E-state index >= 15 is 0 Å². The van der Waals surface area contributed by atoms with Crippen LogP contribution in [-0.4, -0.2) is 36.5 Å². The summed E-state index contributed by atoms with van der Waals surface area (Å²) in [6.07, 6.45) is 1.52. The first-order valence-electron chi connectivity index (χ1n) is 7.00.